The molecule has 4 amide bonds. The molecule has 0 saturated carbocycles. The van der Waals surface area contributed by atoms with Crippen molar-refractivity contribution in [3.63, 3.8) is 0 Å². The van der Waals surface area contributed by atoms with E-state index in [0.717, 1.165) is 0 Å². The highest BCUT2D eigenvalue weighted by Gasteiger charge is 2.13. The van der Waals surface area contributed by atoms with Gasteiger partial charge in [-0.05, 0) is 36.4 Å². The Kier molecular flexibility index (Phi) is 9.45. The van der Waals surface area contributed by atoms with Crippen LogP contribution in [0.3, 0.4) is 0 Å². The SMILES string of the molecule is O=C(CCC(=O)OCC(=O)NNC(=O)c1ccccc1Cl)NNC(=O)c1ccc(Cl)cc1. The van der Waals surface area contributed by atoms with E-state index >= 15 is 0 Å². The second-order valence-electron chi connectivity index (χ2n) is 6.15. The van der Waals surface area contributed by atoms with Crippen molar-refractivity contribution in [2.75, 3.05) is 6.61 Å². The average Bonchev–Trinajstić information content (AvgIpc) is 2.79. The minimum Gasteiger partial charge on any atom is -0.455 e. The third kappa shape index (κ3) is 8.25. The van der Waals surface area contributed by atoms with Gasteiger partial charge in [-0.2, -0.15) is 0 Å². The number of ether oxygens (including phenoxy) is 1. The van der Waals surface area contributed by atoms with Gasteiger partial charge < -0.3 is 4.74 Å². The summed E-state index contributed by atoms with van der Waals surface area (Å²) in [5, 5.41) is 0.661. The fraction of sp³-hybridized carbons (Fsp3) is 0.150. The molecule has 2 aromatic rings. The minimum absolute atomic E-state index is 0.153. The second kappa shape index (κ2) is 12.3. The highest BCUT2D eigenvalue weighted by atomic mass is 35.5. The van der Waals surface area contributed by atoms with E-state index in [-0.39, 0.29) is 29.0 Å². The second-order valence-corrected chi connectivity index (χ2v) is 7.00. The van der Waals surface area contributed by atoms with E-state index < -0.39 is 36.2 Å². The summed E-state index contributed by atoms with van der Waals surface area (Å²) >= 11 is 11.6. The van der Waals surface area contributed by atoms with Crippen molar-refractivity contribution in [2.24, 2.45) is 0 Å². The summed E-state index contributed by atoms with van der Waals surface area (Å²) in [6.45, 7) is -0.670. The lowest BCUT2D eigenvalue weighted by molar-refractivity contribution is -0.149. The first-order valence-electron chi connectivity index (χ1n) is 9.10. The van der Waals surface area contributed by atoms with Crippen molar-refractivity contribution in [3.8, 4) is 0 Å². The molecule has 0 fully saturated rings. The molecule has 2 rings (SSSR count). The molecule has 0 heterocycles. The monoisotopic (exact) mass is 480 g/mol. The van der Waals surface area contributed by atoms with Crippen molar-refractivity contribution >= 4 is 52.8 Å². The third-order valence-corrected chi connectivity index (χ3v) is 4.36. The summed E-state index contributed by atoms with van der Waals surface area (Å²) in [6, 6.07) is 12.2. The number of hydrogen-bond donors (Lipinski definition) is 4. The summed E-state index contributed by atoms with van der Waals surface area (Å²) in [4.78, 5) is 58.8. The predicted molar refractivity (Wildman–Crippen MR) is 114 cm³/mol. The van der Waals surface area contributed by atoms with E-state index in [1.54, 1.807) is 12.1 Å². The molecule has 0 unspecified atom stereocenters. The molecule has 0 atom stereocenters. The molecule has 0 radical (unpaired) electrons. The van der Waals surface area contributed by atoms with Crippen molar-refractivity contribution in [1.82, 2.24) is 21.7 Å². The number of hydrogen-bond acceptors (Lipinski definition) is 6. The van der Waals surface area contributed by atoms with Crippen LogP contribution >= 0.6 is 23.2 Å². The number of carbonyl (C=O) groups excluding carboxylic acids is 5. The first-order chi connectivity index (χ1) is 15.3. The molecule has 168 valence electrons. The molecular formula is C20H18Cl2N4O6. The smallest absolute Gasteiger partial charge is 0.306 e. The maximum absolute atomic E-state index is 11.9. The van der Waals surface area contributed by atoms with E-state index in [1.807, 2.05) is 0 Å². The van der Waals surface area contributed by atoms with Crippen LogP contribution in [0.25, 0.3) is 0 Å². The van der Waals surface area contributed by atoms with Crippen molar-refractivity contribution < 1.29 is 28.7 Å². The Bertz CT molecular complexity index is 1010. The molecule has 0 aliphatic rings. The standard InChI is InChI=1S/C20H18Cl2N4O6/c21-13-7-5-12(6-8-13)19(30)25-23-16(27)9-10-18(29)32-11-17(28)24-26-20(31)14-3-1-2-4-15(14)22/h1-8H,9-11H2,(H,23,27)(H,24,28)(H,25,30)(H,26,31). The molecule has 32 heavy (non-hydrogen) atoms. The molecule has 0 saturated heterocycles. The Balaban J connectivity index is 1.62. The zero-order valence-corrected chi connectivity index (χ0v) is 18.0. The van der Waals surface area contributed by atoms with Gasteiger partial charge in [-0.25, -0.2) is 0 Å². The maximum Gasteiger partial charge on any atom is 0.306 e. The summed E-state index contributed by atoms with van der Waals surface area (Å²) in [7, 11) is 0. The van der Waals surface area contributed by atoms with Crippen LogP contribution in [0.15, 0.2) is 48.5 Å². The summed E-state index contributed by atoms with van der Waals surface area (Å²) in [5.74, 6) is -3.46. The zero-order valence-electron chi connectivity index (χ0n) is 16.4. The molecule has 10 nitrogen and oxygen atoms in total. The Morgan fingerprint density at radius 1 is 0.719 bits per heavy atom. The Morgan fingerprint density at radius 2 is 1.34 bits per heavy atom. The van der Waals surface area contributed by atoms with Crippen LogP contribution in [0.4, 0.5) is 0 Å². The summed E-state index contributed by atoms with van der Waals surface area (Å²) < 4.78 is 4.71. The van der Waals surface area contributed by atoms with E-state index in [2.05, 4.69) is 21.7 Å². The Hall–Kier alpha value is -3.63. The van der Waals surface area contributed by atoms with Gasteiger partial charge in [0.25, 0.3) is 17.7 Å². The van der Waals surface area contributed by atoms with Crippen molar-refractivity contribution in [2.45, 2.75) is 12.8 Å². The van der Waals surface area contributed by atoms with Gasteiger partial charge in [-0.15, -0.1) is 0 Å². The number of nitrogens with one attached hydrogen (secondary N) is 4. The molecule has 2 aromatic carbocycles. The lowest BCUT2D eigenvalue weighted by Gasteiger charge is -2.09. The van der Waals surface area contributed by atoms with Crippen molar-refractivity contribution in [3.05, 3.63) is 69.7 Å². The zero-order chi connectivity index (χ0) is 23.5. The Morgan fingerprint density at radius 3 is 2.03 bits per heavy atom. The Labute approximate surface area is 192 Å². The van der Waals surface area contributed by atoms with Crippen LogP contribution in [0.2, 0.25) is 10.0 Å². The quantitative estimate of drug-likeness (QED) is 0.349. The molecule has 0 spiro atoms. The summed E-state index contributed by atoms with van der Waals surface area (Å²) in [6.07, 6.45) is -0.619. The minimum atomic E-state index is -0.822. The fourth-order valence-corrected chi connectivity index (χ4v) is 2.52. The van der Waals surface area contributed by atoms with Gasteiger partial charge in [0.1, 0.15) is 0 Å². The van der Waals surface area contributed by atoms with Crippen LogP contribution < -0.4 is 21.7 Å². The molecule has 0 aliphatic carbocycles. The van der Waals surface area contributed by atoms with Gasteiger partial charge >= 0.3 is 5.97 Å². The molecule has 0 bridgehead atoms. The van der Waals surface area contributed by atoms with E-state index in [1.165, 1.54) is 36.4 Å². The van der Waals surface area contributed by atoms with E-state index in [4.69, 9.17) is 27.9 Å². The van der Waals surface area contributed by atoms with Gasteiger partial charge in [0.15, 0.2) is 6.61 Å². The molecule has 4 N–H and O–H groups in total. The molecule has 0 aromatic heterocycles. The predicted octanol–water partition coefficient (Wildman–Crippen LogP) is 1.54. The van der Waals surface area contributed by atoms with Gasteiger partial charge in [0, 0.05) is 17.0 Å². The largest absolute Gasteiger partial charge is 0.455 e. The number of carbonyl (C=O) groups is 5. The first-order valence-corrected chi connectivity index (χ1v) is 9.86. The van der Waals surface area contributed by atoms with E-state index in [9.17, 15) is 24.0 Å². The van der Waals surface area contributed by atoms with E-state index in [0.29, 0.717) is 5.02 Å². The van der Waals surface area contributed by atoms with Crippen LogP contribution in [0.5, 0.6) is 0 Å². The number of esters is 1. The number of rotatable bonds is 7. The highest BCUT2D eigenvalue weighted by molar-refractivity contribution is 6.33. The number of amides is 4. The third-order valence-electron chi connectivity index (χ3n) is 3.78. The van der Waals surface area contributed by atoms with Crippen LogP contribution in [-0.2, 0) is 19.1 Å². The van der Waals surface area contributed by atoms with Gasteiger partial charge in [0.05, 0.1) is 17.0 Å². The topological polar surface area (TPSA) is 143 Å². The van der Waals surface area contributed by atoms with Gasteiger partial charge in [-0.3, -0.25) is 45.7 Å². The van der Waals surface area contributed by atoms with Crippen LogP contribution in [0.1, 0.15) is 33.6 Å². The molecule has 12 heteroatoms. The lowest BCUT2D eigenvalue weighted by atomic mass is 10.2. The average molecular weight is 481 g/mol. The lowest BCUT2D eigenvalue weighted by Crippen LogP contribution is -2.43. The number of benzene rings is 2. The van der Waals surface area contributed by atoms with Crippen LogP contribution in [-0.4, -0.2) is 36.2 Å². The first kappa shape index (κ1) is 24.6. The van der Waals surface area contributed by atoms with Gasteiger partial charge in [0.2, 0.25) is 5.91 Å². The van der Waals surface area contributed by atoms with Crippen LogP contribution in [0, 0.1) is 0 Å². The van der Waals surface area contributed by atoms with Crippen molar-refractivity contribution in [1.29, 1.82) is 0 Å². The fourth-order valence-electron chi connectivity index (χ4n) is 2.17. The molecule has 0 aliphatic heterocycles. The maximum atomic E-state index is 11.9. The van der Waals surface area contributed by atoms with Gasteiger partial charge in [-0.1, -0.05) is 35.3 Å². The highest BCUT2D eigenvalue weighted by Crippen LogP contribution is 2.14. The number of halogens is 2. The normalized spacial score (nSPS) is 9.94. The summed E-state index contributed by atoms with van der Waals surface area (Å²) in [5.41, 5.74) is 8.98. The molecular weight excluding hydrogens is 463 g/mol. The number of hydrazine groups is 2.